The number of rotatable bonds is 5. The van der Waals surface area contributed by atoms with E-state index in [2.05, 4.69) is 5.10 Å². The van der Waals surface area contributed by atoms with Crippen molar-refractivity contribution in [3.8, 4) is 0 Å². The van der Waals surface area contributed by atoms with Crippen molar-refractivity contribution in [3.63, 3.8) is 0 Å². The Hall–Kier alpha value is -1.66. The third kappa shape index (κ3) is 2.96. The molecule has 0 unspecified atom stereocenters. The van der Waals surface area contributed by atoms with Gasteiger partial charge in [0.05, 0.1) is 18.4 Å². The molecule has 0 saturated carbocycles. The molecular weight excluding hydrogens is 248 g/mol. The summed E-state index contributed by atoms with van der Waals surface area (Å²) in [5, 5.41) is 6.17. The van der Waals surface area contributed by atoms with E-state index in [0.29, 0.717) is 19.6 Å². The predicted octanol–water partition coefficient (Wildman–Crippen LogP) is 0.748. The summed E-state index contributed by atoms with van der Waals surface area (Å²) in [7, 11) is 1.90. The van der Waals surface area contributed by atoms with Gasteiger partial charge in [-0.2, -0.15) is 5.10 Å². The minimum Gasteiger partial charge on any atom is -0.372 e. The molecule has 2 heterocycles. The van der Waals surface area contributed by atoms with Gasteiger partial charge in [-0.25, -0.2) is 4.68 Å². The number of nitrogens with two attached hydrogens (primary N) is 1. The summed E-state index contributed by atoms with van der Waals surface area (Å²) < 4.78 is 1.46. The molecule has 96 valence electrons. The summed E-state index contributed by atoms with van der Waals surface area (Å²) >= 11 is 1.62. The topological polar surface area (TPSA) is 64.2 Å². The van der Waals surface area contributed by atoms with Crippen LogP contribution in [0.5, 0.6) is 0 Å². The average molecular weight is 264 g/mol. The summed E-state index contributed by atoms with van der Waals surface area (Å²) in [6.45, 7) is 1.78. The molecule has 18 heavy (non-hydrogen) atoms. The van der Waals surface area contributed by atoms with Crippen molar-refractivity contribution >= 4 is 17.0 Å². The molecule has 0 spiro atoms. The fourth-order valence-electron chi connectivity index (χ4n) is 1.62. The molecule has 2 aromatic rings. The third-order valence-corrected chi connectivity index (χ3v) is 3.51. The fourth-order valence-corrected chi connectivity index (χ4v) is 2.31. The van der Waals surface area contributed by atoms with Gasteiger partial charge in [0, 0.05) is 31.1 Å². The fraction of sp³-hybridized carbons (Fsp3) is 0.333. The number of nitrogens with zero attached hydrogens (tertiary/aromatic N) is 3. The monoisotopic (exact) mass is 264 g/mol. The van der Waals surface area contributed by atoms with Gasteiger partial charge in [0.2, 0.25) is 0 Å². The minimum atomic E-state index is -0.0928. The van der Waals surface area contributed by atoms with E-state index in [1.807, 2.05) is 29.5 Å². The quantitative estimate of drug-likeness (QED) is 0.865. The smallest absolute Gasteiger partial charge is 0.269 e. The van der Waals surface area contributed by atoms with Crippen LogP contribution in [0.4, 0.5) is 5.69 Å². The van der Waals surface area contributed by atoms with Gasteiger partial charge in [0.15, 0.2) is 0 Å². The van der Waals surface area contributed by atoms with Crippen LogP contribution < -0.4 is 16.2 Å². The van der Waals surface area contributed by atoms with Gasteiger partial charge in [-0.1, -0.05) is 6.07 Å². The molecule has 2 rings (SSSR count). The second-order valence-electron chi connectivity index (χ2n) is 4.00. The van der Waals surface area contributed by atoms with Gasteiger partial charge < -0.3 is 10.6 Å². The largest absolute Gasteiger partial charge is 0.372 e. The Morgan fingerprint density at radius 1 is 1.56 bits per heavy atom. The van der Waals surface area contributed by atoms with Gasteiger partial charge >= 0.3 is 0 Å². The number of hydrogen-bond donors (Lipinski definition) is 1. The number of thiophene rings is 1. The highest BCUT2D eigenvalue weighted by atomic mass is 32.1. The standard InChI is InChI=1S/C12H16N4OS/c1-15(5-4-13)10-7-12(17)16(14-8-10)9-11-3-2-6-18-11/h2-3,6-8H,4-5,9,13H2,1H3. The highest BCUT2D eigenvalue weighted by molar-refractivity contribution is 7.09. The lowest BCUT2D eigenvalue weighted by Gasteiger charge is -2.17. The molecule has 0 aromatic carbocycles. The zero-order valence-corrected chi connectivity index (χ0v) is 11.1. The van der Waals surface area contributed by atoms with Crippen molar-refractivity contribution in [2.24, 2.45) is 5.73 Å². The number of hydrogen-bond acceptors (Lipinski definition) is 5. The predicted molar refractivity (Wildman–Crippen MR) is 74.2 cm³/mol. The average Bonchev–Trinajstić information content (AvgIpc) is 2.85. The molecule has 6 heteroatoms. The molecule has 0 saturated heterocycles. The van der Waals surface area contributed by atoms with E-state index in [0.717, 1.165) is 10.6 Å². The molecule has 5 nitrogen and oxygen atoms in total. The van der Waals surface area contributed by atoms with Crippen LogP contribution in [0.25, 0.3) is 0 Å². The Kier molecular flexibility index (Phi) is 4.11. The van der Waals surface area contributed by atoms with Crippen LogP contribution in [-0.4, -0.2) is 29.9 Å². The molecular formula is C12H16N4OS. The Morgan fingerprint density at radius 2 is 2.39 bits per heavy atom. The molecule has 0 bridgehead atoms. The molecule has 0 aliphatic rings. The zero-order chi connectivity index (χ0) is 13.0. The maximum atomic E-state index is 11.9. The zero-order valence-electron chi connectivity index (χ0n) is 10.2. The second-order valence-corrected chi connectivity index (χ2v) is 5.03. The van der Waals surface area contributed by atoms with Crippen molar-refractivity contribution in [2.75, 3.05) is 25.0 Å². The van der Waals surface area contributed by atoms with Crippen LogP contribution in [0.2, 0.25) is 0 Å². The lowest BCUT2D eigenvalue weighted by molar-refractivity contribution is 0.643. The summed E-state index contributed by atoms with van der Waals surface area (Å²) in [4.78, 5) is 15.0. The van der Waals surface area contributed by atoms with E-state index >= 15 is 0 Å². The Bertz CT molecular complexity index is 549. The summed E-state index contributed by atoms with van der Waals surface area (Å²) in [6, 6.07) is 5.55. The van der Waals surface area contributed by atoms with E-state index in [1.54, 1.807) is 23.6 Å². The van der Waals surface area contributed by atoms with E-state index in [9.17, 15) is 4.79 Å². The third-order valence-electron chi connectivity index (χ3n) is 2.65. The van der Waals surface area contributed by atoms with Crippen LogP contribution in [0, 0.1) is 0 Å². The van der Waals surface area contributed by atoms with Crippen LogP contribution in [0.1, 0.15) is 4.88 Å². The van der Waals surface area contributed by atoms with Crippen LogP contribution >= 0.6 is 11.3 Å². The summed E-state index contributed by atoms with van der Waals surface area (Å²) in [5.41, 5.74) is 6.19. The molecule has 2 N–H and O–H groups in total. The van der Waals surface area contributed by atoms with Gasteiger partial charge in [-0.3, -0.25) is 4.79 Å². The summed E-state index contributed by atoms with van der Waals surface area (Å²) in [6.07, 6.45) is 1.70. The van der Waals surface area contributed by atoms with Crippen LogP contribution in [-0.2, 0) is 6.54 Å². The first-order valence-corrected chi connectivity index (χ1v) is 6.59. The van der Waals surface area contributed by atoms with E-state index in [-0.39, 0.29) is 5.56 Å². The van der Waals surface area contributed by atoms with E-state index < -0.39 is 0 Å². The molecule has 0 fully saturated rings. The molecule has 0 amide bonds. The second kappa shape index (κ2) is 5.79. The maximum Gasteiger partial charge on any atom is 0.269 e. The lowest BCUT2D eigenvalue weighted by Crippen LogP contribution is -2.29. The van der Waals surface area contributed by atoms with Crippen molar-refractivity contribution in [2.45, 2.75) is 6.54 Å². The Morgan fingerprint density at radius 3 is 3.00 bits per heavy atom. The minimum absolute atomic E-state index is 0.0928. The Balaban J connectivity index is 2.17. The van der Waals surface area contributed by atoms with Gasteiger partial charge in [-0.05, 0) is 11.4 Å². The molecule has 0 aliphatic heterocycles. The van der Waals surface area contributed by atoms with Crippen molar-refractivity contribution in [1.82, 2.24) is 9.78 Å². The first-order chi connectivity index (χ1) is 8.70. The van der Waals surface area contributed by atoms with Gasteiger partial charge in [-0.15, -0.1) is 11.3 Å². The van der Waals surface area contributed by atoms with Gasteiger partial charge in [0.1, 0.15) is 0 Å². The van der Waals surface area contributed by atoms with Gasteiger partial charge in [0.25, 0.3) is 5.56 Å². The molecule has 2 aromatic heterocycles. The molecule has 0 radical (unpaired) electrons. The van der Waals surface area contributed by atoms with Crippen molar-refractivity contribution in [3.05, 3.63) is 45.0 Å². The van der Waals surface area contributed by atoms with E-state index in [1.165, 1.54) is 4.68 Å². The molecule has 0 aliphatic carbocycles. The number of anilines is 1. The number of aromatic nitrogens is 2. The molecule has 0 atom stereocenters. The van der Waals surface area contributed by atoms with Crippen LogP contribution in [0.15, 0.2) is 34.6 Å². The highest BCUT2D eigenvalue weighted by Crippen LogP contribution is 2.10. The number of likely N-dealkylation sites (N-methyl/N-ethyl adjacent to an activating group) is 1. The Labute approximate surface area is 109 Å². The van der Waals surface area contributed by atoms with Crippen molar-refractivity contribution < 1.29 is 0 Å². The van der Waals surface area contributed by atoms with Crippen LogP contribution in [0.3, 0.4) is 0 Å². The SMILES string of the molecule is CN(CCN)c1cnn(Cc2cccs2)c(=O)c1. The highest BCUT2D eigenvalue weighted by Gasteiger charge is 2.05. The lowest BCUT2D eigenvalue weighted by atomic mass is 10.4. The maximum absolute atomic E-state index is 11.9. The van der Waals surface area contributed by atoms with E-state index in [4.69, 9.17) is 5.73 Å². The van der Waals surface area contributed by atoms with Crippen molar-refractivity contribution in [1.29, 1.82) is 0 Å². The normalized spacial score (nSPS) is 10.6. The first-order valence-electron chi connectivity index (χ1n) is 5.71. The summed E-state index contributed by atoms with van der Waals surface area (Å²) in [5.74, 6) is 0. The first kappa shape index (κ1) is 12.8.